The van der Waals surface area contributed by atoms with Crippen LogP contribution in [0.4, 0.5) is 5.82 Å². The van der Waals surface area contributed by atoms with Gasteiger partial charge in [-0.1, -0.05) is 6.07 Å². The van der Waals surface area contributed by atoms with Crippen LogP contribution in [-0.4, -0.2) is 49.9 Å². The number of nitrogens with zero attached hydrogens (tertiary/aromatic N) is 2. The van der Waals surface area contributed by atoms with Crippen LogP contribution in [-0.2, 0) is 14.8 Å². The number of pyridine rings is 1. The predicted octanol–water partition coefficient (Wildman–Crippen LogP) is 2.12. The van der Waals surface area contributed by atoms with Crippen molar-refractivity contribution >= 4 is 37.7 Å². The maximum atomic E-state index is 12.8. The molecule has 0 spiro atoms. The second-order valence-electron chi connectivity index (χ2n) is 5.33. The van der Waals surface area contributed by atoms with Crippen molar-refractivity contribution in [2.75, 3.05) is 31.6 Å². The lowest BCUT2D eigenvalue weighted by Crippen LogP contribution is -2.40. The summed E-state index contributed by atoms with van der Waals surface area (Å²) in [5.41, 5.74) is 0.237. The Morgan fingerprint density at radius 1 is 1.20 bits per heavy atom. The number of sulfonamides is 1. The molecule has 2 aromatic rings. The zero-order valence-corrected chi connectivity index (χ0v) is 15.6. The fourth-order valence-electron chi connectivity index (χ4n) is 2.39. The lowest BCUT2D eigenvalue weighted by atomic mass is 10.2. The fraction of sp³-hybridized carbons (Fsp3) is 0.250. The highest BCUT2D eigenvalue weighted by atomic mass is 79.9. The first-order valence-electron chi connectivity index (χ1n) is 7.58. The molecule has 1 amide bonds. The molecule has 0 saturated carbocycles. The topological polar surface area (TPSA) is 88.6 Å². The number of amides is 1. The Hall–Kier alpha value is -1.81. The number of nitrogens with one attached hydrogen (secondary N) is 1. The van der Waals surface area contributed by atoms with Crippen LogP contribution in [0.15, 0.2) is 52.0 Å². The zero-order chi connectivity index (χ0) is 17.9. The second kappa shape index (κ2) is 7.61. The van der Waals surface area contributed by atoms with Gasteiger partial charge in [0.15, 0.2) is 0 Å². The SMILES string of the molecule is O=C(Nc1ccccn1)c1ccc(Br)c(S(=O)(=O)N2CCOCC2)c1. The van der Waals surface area contributed by atoms with E-state index >= 15 is 0 Å². The molecule has 9 heteroatoms. The molecule has 0 radical (unpaired) electrons. The van der Waals surface area contributed by atoms with Crippen molar-refractivity contribution in [3.8, 4) is 0 Å². The number of rotatable bonds is 4. The third-order valence-corrected chi connectivity index (χ3v) is 6.58. The number of aromatic nitrogens is 1. The third-order valence-electron chi connectivity index (χ3n) is 3.69. The monoisotopic (exact) mass is 425 g/mol. The van der Waals surface area contributed by atoms with Gasteiger partial charge in [-0.25, -0.2) is 13.4 Å². The van der Waals surface area contributed by atoms with E-state index in [4.69, 9.17) is 4.74 Å². The molecular formula is C16H16BrN3O4S. The summed E-state index contributed by atoms with van der Waals surface area (Å²) >= 11 is 3.27. The van der Waals surface area contributed by atoms with E-state index in [0.29, 0.717) is 36.6 Å². The quantitative estimate of drug-likeness (QED) is 0.809. The Labute approximate surface area is 154 Å². The van der Waals surface area contributed by atoms with Gasteiger partial charge in [0.2, 0.25) is 10.0 Å². The minimum absolute atomic E-state index is 0.0584. The standard InChI is InChI=1S/C16H16BrN3O4S/c17-13-5-4-12(16(21)19-15-3-1-2-6-18-15)11-14(13)25(22,23)20-7-9-24-10-8-20/h1-6,11H,7-10H2,(H,18,19,21). The molecule has 0 unspecified atom stereocenters. The molecule has 3 rings (SSSR count). The van der Waals surface area contributed by atoms with Crippen molar-refractivity contribution in [2.45, 2.75) is 4.90 Å². The summed E-state index contributed by atoms with van der Waals surface area (Å²) in [5, 5.41) is 2.64. The lowest BCUT2D eigenvalue weighted by Gasteiger charge is -2.26. The average molecular weight is 426 g/mol. The first-order chi connectivity index (χ1) is 12.0. The Bertz CT molecular complexity index is 868. The van der Waals surface area contributed by atoms with Gasteiger partial charge >= 0.3 is 0 Å². The molecule has 7 nitrogen and oxygen atoms in total. The third kappa shape index (κ3) is 4.06. The number of halogens is 1. The second-order valence-corrected chi connectivity index (χ2v) is 8.09. The normalized spacial score (nSPS) is 15.7. The fourth-order valence-corrected chi connectivity index (χ4v) is 4.75. The molecule has 1 aromatic carbocycles. The van der Waals surface area contributed by atoms with Crippen molar-refractivity contribution in [3.63, 3.8) is 0 Å². The Balaban J connectivity index is 1.88. The summed E-state index contributed by atoms with van der Waals surface area (Å²) in [6.07, 6.45) is 1.56. The van der Waals surface area contributed by atoms with Gasteiger partial charge in [0, 0.05) is 29.3 Å². The van der Waals surface area contributed by atoms with E-state index in [2.05, 4.69) is 26.2 Å². The lowest BCUT2D eigenvalue weighted by molar-refractivity contribution is 0.0730. The highest BCUT2D eigenvalue weighted by Crippen LogP contribution is 2.27. The summed E-state index contributed by atoms with van der Waals surface area (Å²) in [4.78, 5) is 16.5. The largest absolute Gasteiger partial charge is 0.379 e. The van der Waals surface area contributed by atoms with Gasteiger partial charge in [0.05, 0.1) is 18.1 Å². The van der Waals surface area contributed by atoms with Crippen molar-refractivity contribution in [1.82, 2.24) is 9.29 Å². The van der Waals surface area contributed by atoms with E-state index in [1.165, 1.54) is 10.4 Å². The van der Waals surface area contributed by atoms with Gasteiger partial charge in [0.25, 0.3) is 5.91 Å². The number of hydrogen-bond donors (Lipinski definition) is 1. The van der Waals surface area contributed by atoms with E-state index in [1.807, 2.05) is 0 Å². The maximum Gasteiger partial charge on any atom is 0.256 e. The first kappa shape index (κ1) is 18.0. The van der Waals surface area contributed by atoms with E-state index in [1.54, 1.807) is 36.5 Å². The van der Waals surface area contributed by atoms with Crippen LogP contribution in [0.3, 0.4) is 0 Å². The number of ether oxygens (including phenoxy) is 1. The Morgan fingerprint density at radius 2 is 1.96 bits per heavy atom. The van der Waals surface area contributed by atoms with E-state index < -0.39 is 15.9 Å². The molecule has 0 aliphatic carbocycles. The molecule has 132 valence electrons. The van der Waals surface area contributed by atoms with Crippen LogP contribution >= 0.6 is 15.9 Å². The highest BCUT2D eigenvalue weighted by molar-refractivity contribution is 9.10. The summed E-state index contributed by atoms with van der Waals surface area (Å²) in [7, 11) is -3.71. The van der Waals surface area contributed by atoms with Crippen molar-refractivity contribution in [1.29, 1.82) is 0 Å². The van der Waals surface area contributed by atoms with Gasteiger partial charge < -0.3 is 10.1 Å². The van der Waals surface area contributed by atoms with Crippen molar-refractivity contribution < 1.29 is 17.9 Å². The smallest absolute Gasteiger partial charge is 0.256 e. The van der Waals surface area contributed by atoms with Gasteiger partial charge in [-0.15, -0.1) is 0 Å². The van der Waals surface area contributed by atoms with Crippen LogP contribution in [0.5, 0.6) is 0 Å². The van der Waals surface area contributed by atoms with Gasteiger partial charge in [-0.05, 0) is 46.3 Å². The van der Waals surface area contributed by atoms with Gasteiger partial charge in [-0.3, -0.25) is 4.79 Å². The van der Waals surface area contributed by atoms with Crippen LogP contribution < -0.4 is 5.32 Å². The molecule has 2 heterocycles. The summed E-state index contributed by atoms with van der Waals surface area (Å²) in [5.74, 6) is -0.0300. The molecule has 0 atom stereocenters. The number of hydrogen-bond acceptors (Lipinski definition) is 5. The Morgan fingerprint density at radius 3 is 2.64 bits per heavy atom. The number of carbonyl (C=O) groups excluding carboxylic acids is 1. The summed E-state index contributed by atoms with van der Waals surface area (Å²) in [6, 6.07) is 9.62. The number of benzene rings is 1. The Kier molecular flexibility index (Phi) is 5.48. The molecule has 0 bridgehead atoms. The maximum absolute atomic E-state index is 12.8. The molecule has 1 aromatic heterocycles. The summed E-state index contributed by atoms with van der Waals surface area (Å²) < 4.78 is 32.6. The summed E-state index contributed by atoms with van der Waals surface area (Å²) in [6.45, 7) is 1.30. The first-order valence-corrected chi connectivity index (χ1v) is 9.81. The van der Waals surface area contributed by atoms with Crippen LogP contribution in [0.1, 0.15) is 10.4 Å². The molecule has 25 heavy (non-hydrogen) atoms. The molecular weight excluding hydrogens is 410 g/mol. The minimum atomic E-state index is -3.71. The van der Waals surface area contributed by atoms with Crippen LogP contribution in [0.2, 0.25) is 0 Å². The molecule has 1 fully saturated rings. The van der Waals surface area contributed by atoms with Crippen LogP contribution in [0.25, 0.3) is 0 Å². The number of morpholine rings is 1. The van der Waals surface area contributed by atoms with E-state index in [9.17, 15) is 13.2 Å². The average Bonchev–Trinajstić information content (AvgIpc) is 2.63. The van der Waals surface area contributed by atoms with Crippen LogP contribution in [0, 0.1) is 0 Å². The van der Waals surface area contributed by atoms with Gasteiger partial charge in [-0.2, -0.15) is 4.31 Å². The number of carbonyl (C=O) groups is 1. The highest BCUT2D eigenvalue weighted by Gasteiger charge is 2.29. The van der Waals surface area contributed by atoms with E-state index in [-0.39, 0.29) is 10.5 Å². The zero-order valence-electron chi connectivity index (χ0n) is 13.2. The number of anilines is 1. The van der Waals surface area contributed by atoms with Crippen molar-refractivity contribution in [3.05, 3.63) is 52.6 Å². The minimum Gasteiger partial charge on any atom is -0.379 e. The molecule has 1 aliphatic rings. The molecule has 1 saturated heterocycles. The van der Waals surface area contributed by atoms with Gasteiger partial charge in [0.1, 0.15) is 5.82 Å². The van der Waals surface area contributed by atoms with Crippen molar-refractivity contribution in [2.24, 2.45) is 0 Å². The molecule has 1 N–H and O–H groups in total. The predicted molar refractivity (Wildman–Crippen MR) is 95.9 cm³/mol. The molecule has 1 aliphatic heterocycles. The van der Waals surface area contributed by atoms with E-state index in [0.717, 1.165) is 0 Å².